The number of benzene rings is 1. The van der Waals surface area contributed by atoms with Gasteiger partial charge in [-0.1, -0.05) is 43.3 Å². The van der Waals surface area contributed by atoms with Crippen molar-refractivity contribution in [1.29, 1.82) is 0 Å². The monoisotopic (exact) mass is 528 g/mol. The van der Waals surface area contributed by atoms with Crippen molar-refractivity contribution >= 4 is 17.2 Å². The summed E-state index contributed by atoms with van der Waals surface area (Å²) in [4.78, 5) is 26.7. The molecule has 0 spiro atoms. The van der Waals surface area contributed by atoms with Crippen LogP contribution in [0.2, 0.25) is 0 Å². The van der Waals surface area contributed by atoms with Crippen LogP contribution < -0.4 is 10.6 Å². The molecule has 206 valence electrons. The number of nitrogens with zero attached hydrogens (tertiary/aromatic N) is 2. The van der Waals surface area contributed by atoms with Crippen molar-refractivity contribution in [2.45, 2.75) is 78.8 Å². The van der Waals surface area contributed by atoms with Crippen LogP contribution in [0.5, 0.6) is 0 Å². The largest absolute Gasteiger partial charge is 0.361 e. The number of pyridine rings is 1. The number of carbonyl (C=O) groups is 2. The van der Waals surface area contributed by atoms with Crippen LogP contribution in [0.15, 0.2) is 59.3 Å². The fourth-order valence-corrected chi connectivity index (χ4v) is 4.79. The number of aromatic nitrogens is 2. The Bertz CT molecular complexity index is 1440. The minimum absolute atomic E-state index is 0.0163. The number of amides is 1. The van der Waals surface area contributed by atoms with Gasteiger partial charge in [0.15, 0.2) is 0 Å². The molecule has 3 heterocycles. The topological polar surface area (TPSA) is 88.6 Å². The lowest BCUT2D eigenvalue weighted by Gasteiger charge is -2.20. The minimum atomic E-state index is -0.237. The number of hydrogen-bond donors (Lipinski definition) is 2. The summed E-state index contributed by atoms with van der Waals surface area (Å²) in [5.74, 6) is 0.502. The molecular weight excluding hydrogens is 488 g/mol. The zero-order chi connectivity index (χ0) is 28.2. The predicted molar refractivity (Wildman–Crippen MR) is 154 cm³/mol. The van der Waals surface area contributed by atoms with Gasteiger partial charge in [0.05, 0.1) is 11.7 Å². The number of aryl methyl sites for hydroxylation is 3. The van der Waals surface area contributed by atoms with E-state index in [0.29, 0.717) is 41.1 Å². The molecule has 7 nitrogen and oxygen atoms in total. The Kier molecular flexibility index (Phi) is 8.70. The predicted octanol–water partition coefficient (Wildman–Crippen LogP) is 6.23. The van der Waals surface area contributed by atoms with E-state index < -0.39 is 0 Å². The molecule has 1 amide bonds. The highest BCUT2D eigenvalue weighted by Gasteiger charge is 2.21. The van der Waals surface area contributed by atoms with Gasteiger partial charge in [-0.05, 0) is 89.2 Å². The smallest absolute Gasteiger partial charge is 0.251 e. The fraction of sp³-hybridized carbons (Fsp3) is 0.406. The van der Waals surface area contributed by atoms with Crippen molar-refractivity contribution in [2.75, 3.05) is 6.54 Å². The average Bonchev–Trinajstić information content (AvgIpc) is 3.51. The minimum Gasteiger partial charge on any atom is -0.361 e. The molecule has 7 heteroatoms. The summed E-state index contributed by atoms with van der Waals surface area (Å²) in [6, 6.07) is 15.1. The summed E-state index contributed by atoms with van der Waals surface area (Å²) in [5, 5.41) is 10.6. The lowest BCUT2D eigenvalue weighted by Crippen LogP contribution is -2.36. The Balaban J connectivity index is 1.50. The summed E-state index contributed by atoms with van der Waals surface area (Å²) in [6.07, 6.45) is 5.23. The molecule has 0 aliphatic rings. The van der Waals surface area contributed by atoms with Crippen LogP contribution in [-0.4, -0.2) is 33.3 Å². The van der Waals surface area contributed by atoms with E-state index in [1.807, 2.05) is 61.7 Å². The Morgan fingerprint density at radius 3 is 2.38 bits per heavy atom. The first-order valence-electron chi connectivity index (χ1n) is 13.9. The quantitative estimate of drug-likeness (QED) is 0.178. The van der Waals surface area contributed by atoms with E-state index in [2.05, 4.69) is 48.7 Å². The van der Waals surface area contributed by atoms with Gasteiger partial charge in [-0.2, -0.15) is 0 Å². The van der Waals surface area contributed by atoms with Crippen LogP contribution in [0.4, 0.5) is 0 Å². The molecule has 1 atom stereocenters. The molecule has 0 fully saturated rings. The van der Waals surface area contributed by atoms with Crippen molar-refractivity contribution in [3.05, 3.63) is 94.1 Å². The average molecular weight is 529 g/mol. The number of nitrogens with one attached hydrogen (secondary N) is 2. The van der Waals surface area contributed by atoms with Gasteiger partial charge in [-0.15, -0.1) is 0 Å². The number of carbonyl (C=O) groups excluding carboxylic acids is 2. The van der Waals surface area contributed by atoms with E-state index >= 15 is 0 Å². The van der Waals surface area contributed by atoms with Crippen LogP contribution in [0.1, 0.15) is 102 Å². The van der Waals surface area contributed by atoms with Crippen molar-refractivity contribution in [3.63, 3.8) is 0 Å². The standard InChI is InChI=1S/C32H40N4O3/c1-7-23-19-26-20-25(31(38)34-27(8-2)28-18-21(3)39-35-28)15-17-36(26)29(23)30(37)24-13-11-22(12-14-24)10-9-16-33-32(4,5)6/h11-15,17-20,27,33H,7-10,16H2,1-6H3,(H,34,38). The van der Waals surface area contributed by atoms with Gasteiger partial charge in [-0.25, -0.2) is 0 Å². The van der Waals surface area contributed by atoms with E-state index in [-0.39, 0.29) is 23.3 Å². The van der Waals surface area contributed by atoms with Gasteiger partial charge < -0.3 is 19.6 Å². The first-order valence-corrected chi connectivity index (χ1v) is 13.9. The molecule has 39 heavy (non-hydrogen) atoms. The zero-order valence-corrected chi connectivity index (χ0v) is 23.9. The van der Waals surface area contributed by atoms with Crippen molar-refractivity contribution in [3.8, 4) is 0 Å². The normalized spacial score (nSPS) is 12.6. The van der Waals surface area contributed by atoms with Crippen LogP contribution in [0.25, 0.3) is 5.52 Å². The van der Waals surface area contributed by atoms with Gasteiger partial charge in [0.2, 0.25) is 5.78 Å². The first kappa shape index (κ1) is 28.3. The van der Waals surface area contributed by atoms with Gasteiger partial charge in [0.25, 0.3) is 5.91 Å². The van der Waals surface area contributed by atoms with Crippen LogP contribution >= 0.6 is 0 Å². The molecule has 1 aromatic carbocycles. The molecule has 0 saturated carbocycles. The Labute approximate surface area is 231 Å². The highest BCUT2D eigenvalue weighted by atomic mass is 16.5. The summed E-state index contributed by atoms with van der Waals surface area (Å²) < 4.78 is 7.07. The molecule has 0 aliphatic heterocycles. The molecule has 0 radical (unpaired) electrons. The molecule has 4 rings (SSSR count). The number of hydrogen-bond acceptors (Lipinski definition) is 5. The number of fused-ring (bicyclic) bond motifs is 1. The Hall–Kier alpha value is -3.71. The lowest BCUT2D eigenvalue weighted by molar-refractivity contribution is 0.0933. The first-order chi connectivity index (χ1) is 18.6. The van der Waals surface area contributed by atoms with Gasteiger partial charge >= 0.3 is 0 Å². The lowest BCUT2D eigenvalue weighted by atomic mass is 10.0. The third kappa shape index (κ3) is 6.84. The highest BCUT2D eigenvalue weighted by Crippen LogP contribution is 2.23. The van der Waals surface area contributed by atoms with E-state index in [0.717, 1.165) is 30.5 Å². The molecule has 0 bridgehead atoms. The zero-order valence-electron chi connectivity index (χ0n) is 23.9. The van der Waals surface area contributed by atoms with Crippen molar-refractivity contribution in [1.82, 2.24) is 20.2 Å². The third-order valence-corrected chi connectivity index (χ3v) is 6.94. The van der Waals surface area contributed by atoms with E-state index in [1.165, 1.54) is 5.56 Å². The van der Waals surface area contributed by atoms with E-state index in [4.69, 9.17) is 4.52 Å². The molecule has 0 aliphatic carbocycles. The second kappa shape index (κ2) is 12.0. The molecule has 1 unspecified atom stereocenters. The van der Waals surface area contributed by atoms with Gasteiger partial charge in [0, 0.05) is 34.4 Å². The van der Waals surface area contributed by atoms with Gasteiger partial charge in [-0.3, -0.25) is 9.59 Å². The van der Waals surface area contributed by atoms with Crippen molar-refractivity contribution in [2.24, 2.45) is 0 Å². The summed E-state index contributed by atoms with van der Waals surface area (Å²) in [5.41, 5.74) is 5.66. The van der Waals surface area contributed by atoms with Crippen molar-refractivity contribution < 1.29 is 14.1 Å². The highest BCUT2D eigenvalue weighted by molar-refractivity contribution is 6.10. The summed E-state index contributed by atoms with van der Waals surface area (Å²) in [6.45, 7) is 13.3. The second-order valence-corrected chi connectivity index (χ2v) is 11.2. The SMILES string of the molecule is CCc1cc2cc(C(=O)NC(CC)c3cc(C)on3)ccn2c1C(=O)c1ccc(CCCNC(C)(C)C)cc1. The molecule has 0 saturated heterocycles. The van der Waals surface area contributed by atoms with Gasteiger partial charge in [0.1, 0.15) is 11.5 Å². The summed E-state index contributed by atoms with van der Waals surface area (Å²) in [7, 11) is 0. The Morgan fingerprint density at radius 1 is 1.03 bits per heavy atom. The number of ketones is 1. The third-order valence-electron chi connectivity index (χ3n) is 6.94. The van der Waals surface area contributed by atoms with E-state index in [1.54, 1.807) is 6.07 Å². The second-order valence-electron chi connectivity index (χ2n) is 11.2. The molecule has 2 N–H and O–H groups in total. The number of rotatable bonds is 11. The van der Waals surface area contributed by atoms with Crippen LogP contribution in [-0.2, 0) is 12.8 Å². The summed E-state index contributed by atoms with van der Waals surface area (Å²) >= 11 is 0. The molecule has 4 aromatic rings. The van der Waals surface area contributed by atoms with Crippen LogP contribution in [0, 0.1) is 6.92 Å². The molecular formula is C32H40N4O3. The van der Waals surface area contributed by atoms with E-state index in [9.17, 15) is 9.59 Å². The Morgan fingerprint density at radius 2 is 1.77 bits per heavy atom. The maximum Gasteiger partial charge on any atom is 0.251 e. The maximum atomic E-state index is 13.6. The van der Waals surface area contributed by atoms with Crippen LogP contribution in [0.3, 0.4) is 0 Å². The maximum absolute atomic E-state index is 13.6. The molecule has 3 aromatic heterocycles. The fourth-order valence-electron chi connectivity index (χ4n) is 4.79.